The second-order valence-corrected chi connectivity index (χ2v) is 8.72. The molecule has 0 saturated heterocycles. The summed E-state index contributed by atoms with van der Waals surface area (Å²) in [7, 11) is 0. The molecule has 32 heavy (non-hydrogen) atoms. The Labute approximate surface area is 192 Å². The lowest BCUT2D eigenvalue weighted by Gasteiger charge is -2.19. The summed E-state index contributed by atoms with van der Waals surface area (Å²) in [4.78, 5) is 25.6. The number of benzene rings is 2. The molecule has 0 unspecified atom stereocenters. The number of rotatable bonds is 7. The zero-order chi connectivity index (χ0) is 23.0. The highest BCUT2D eigenvalue weighted by molar-refractivity contribution is 7.98. The van der Waals surface area contributed by atoms with Gasteiger partial charge in [0.25, 0.3) is 0 Å². The van der Waals surface area contributed by atoms with Gasteiger partial charge in [-0.3, -0.25) is 10.3 Å². The third-order valence-electron chi connectivity index (χ3n) is 4.10. The molecule has 2 N–H and O–H groups in total. The SMILES string of the molecule is CSc1ncc(C=NCc2ccccc2)c(Nc2cccc(NC(=O)OC(C)(C)C)c2)n1. The molecule has 7 nitrogen and oxygen atoms in total. The maximum Gasteiger partial charge on any atom is 0.412 e. The molecule has 0 aliphatic carbocycles. The number of amides is 1. The molecule has 0 atom stereocenters. The highest BCUT2D eigenvalue weighted by Gasteiger charge is 2.16. The molecule has 1 amide bonds. The van der Waals surface area contributed by atoms with Crippen LogP contribution >= 0.6 is 11.8 Å². The van der Waals surface area contributed by atoms with E-state index in [0.717, 1.165) is 16.8 Å². The zero-order valence-electron chi connectivity index (χ0n) is 18.6. The van der Waals surface area contributed by atoms with Crippen molar-refractivity contribution in [1.82, 2.24) is 9.97 Å². The monoisotopic (exact) mass is 449 g/mol. The minimum absolute atomic E-state index is 0.505. The van der Waals surface area contributed by atoms with Crippen molar-refractivity contribution in [3.05, 3.63) is 71.9 Å². The summed E-state index contributed by atoms with van der Waals surface area (Å²) in [6.07, 6.45) is 4.93. The molecule has 8 heteroatoms. The number of hydrogen-bond acceptors (Lipinski definition) is 7. The smallest absolute Gasteiger partial charge is 0.412 e. The van der Waals surface area contributed by atoms with E-state index >= 15 is 0 Å². The summed E-state index contributed by atoms with van der Waals surface area (Å²) >= 11 is 1.46. The number of nitrogens with zero attached hydrogens (tertiary/aromatic N) is 3. The molecule has 0 saturated carbocycles. The van der Waals surface area contributed by atoms with Crippen LogP contribution in [0.1, 0.15) is 31.9 Å². The largest absolute Gasteiger partial charge is 0.444 e. The minimum atomic E-state index is -0.566. The van der Waals surface area contributed by atoms with E-state index in [1.54, 1.807) is 18.5 Å². The fourth-order valence-corrected chi connectivity index (χ4v) is 3.07. The topological polar surface area (TPSA) is 88.5 Å². The third-order valence-corrected chi connectivity index (χ3v) is 4.66. The lowest BCUT2D eigenvalue weighted by molar-refractivity contribution is 0.0636. The Morgan fingerprint density at radius 3 is 2.59 bits per heavy atom. The van der Waals surface area contributed by atoms with E-state index in [-0.39, 0.29) is 0 Å². The molecule has 166 valence electrons. The lowest BCUT2D eigenvalue weighted by Crippen LogP contribution is -2.27. The fourth-order valence-electron chi connectivity index (χ4n) is 2.73. The van der Waals surface area contributed by atoms with Crippen LogP contribution in [0.5, 0.6) is 0 Å². The maximum absolute atomic E-state index is 12.1. The van der Waals surface area contributed by atoms with Gasteiger partial charge in [0.05, 0.1) is 12.1 Å². The van der Waals surface area contributed by atoms with E-state index in [4.69, 9.17) is 4.74 Å². The van der Waals surface area contributed by atoms with Gasteiger partial charge in [0.1, 0.15) is 11.4 Å². The molecule has 1 heterocycles. The van der Waals surface area contributed by atoms with E-state index < -0.39 is 11.7 Å². The number of carbonyl (C=O) groups is 1. The van der Waals surface area contributed by atoms with Crippen LogP contribution in [0.2, 0.25) is 0 Å². The van der Waals surface area contributed by atoms with Crippen molar-refractivity contribution in [1.29, 1.82) is 0 Å². The number of aliphatic imine (C=N–C) groups is 1. The minimum Gasteiger partial charge on any atom is -0.444 e. The van der Waals surface area contributed by atoms with Gasteiger partial charge >= 0.3 is 6.09 Å². The molecular weight excluding hydrogens is 422 g/mol. The quantitative estimate of drug-likeness (QED) is 0.265. The number of ether oxygens (including phenoxy) is 1. The first-order valence-corrected chi connectivity index (χ1v) is 11.4. The Bertz CT molecular complexity index is 1080. The number of thioether (sulfide) groups is 1. The molecular formula is C24H27N5O2S. The first-order chi connectivity index (χ1) is 15.3. The predicted octanol–water partition coefficient (Wildman–Crippen LogP) is 5.91. The molecule has 1 aromatic heterocycles. The van der Waals surface area contributed by atoms with Crippen LogP contribution < -0.4 is 10.6 Å². The summed E-state index contributed by atoms with van der Waals surface area (Å²) in [5.74, 6) is 0.635. The second kappa shape index (κ2) is 10.8. The Morgan fingerprint density at radius 1 is 1.12 bits per heavy atom. The molecule has 3 rings (SSSR count). The molecule has 0 bridgehead atoms. The Balaban J connectivity index is 1.76. The summed E-state index contributed by atoms with van der Waals surface area (Å²) in [5.41, 5.74) is 2.71. The van der Waals surface area contributed by atoms with Gasteiger partial charge in [0, 0.05) is 23.8 Å². The van der Waals surface area contributed by atoms with Gasteiger partial charge in [0.15, 0.2) is 5.16 Å². The van der Waals surface area contributed by atoms with Crippen molar-refractivity contribution in [3.8, 4) is 0 Å². The van der Waals surface area contributed by atoms with Crippen molar-refractivity contribution in [2.24, 2.45) is 4.99 Å². The molecule has 0 fully saturated rings. The van der Waals surface area contributed by atoms with Crippen molar-refractivity contribution >= 4 is 41.3 Å². The van der Waals surface area contributed by atoms with Crippen LogP contribution in [0.15, 0.2) is 70.9 Å². The van der Waals surface area contributed by atoms with E-state index in [0.29, 0.717) is 23.2 Å². The Morgan fingerprint density at radius 2 is 1.88 bits per heavy atom. The van der Waals surface area contributed by atoms with Crippen molar-refractivity contribution < 1.29 is 9.53 Å². The van der Waals surface area contributed by atoms with Gasteiger partial charge in [-0.1, -0.05) is 48.2 Å². The highest BCUT2D eigenvalue weighted by atomic mass is 32.2. The molecule has 0 aliphatic heterocycles. The van der Waals surface area contributed by atoms with Gasteiger partial charge in [-0.15, -0.1) is 0 Å². The zero-order valence-corrected chi connectivity index (χ0v) is 19.4. The van der Waals surface area contributed by atoms with Crippen LogP contribution in [0, 0.1) is 0 Å². The summed E-state index contributed by atoms with van der Waals surface area (Å²) in [6.45, 7) is 6.04. The maximum atomic E-state index is 12.1. The van der Waals surface area contributed by atoms with Crippen LogP contribution in [0.4, 0.5) is 22.0 Å². The van der Waals surface area contributed by atoms with E-state index in [2.05, 4.69) is 25.6 Å². The van der Waals surface area contributed by atoms with E-state index in [1.165, 1.54) is 11.8 Å². The molecule has 0 spiro atoms. The van der Waals surface area contributed by atoms with Gasteiger partial charge in [0.2, 0.25) is 0 Å². The van der Waals surface area contributed by atoms with Gasteiger partial charge in [-0.2, -0.15) is 0 Å². The normalized spacial score (nSPS) is 11.4. The van der Waals surface area contributed by atoms with E-state index in [9.17, 15) is 4.79 Å². The Hall–Kier alpha value is -3.39. The summed E-state index contributed by atoms with van der Waals surface area (Å²) in [6, 6.07) is 17.4. The van der Waals surface area contributed by atoms with Crippen molar-refractivity contribution in [2.45, 2.75) is 38.1 Å². The van der Waals surface area contributed by atoms with Crippen molar-refractivity contribution in [3.63, 3.8) is 0 Å². The van der Waals surface area contributed by atoms with Gasteiger partial charge < -0.3 is 10.1 Å². The van der Waals surface area contributed by atoms with Gasteiger partial charge in [-0.05, 0) is 50.8 Å². The first kappa shape index (κ1) is 23.3. The van der Waals surface area contributed by atoms with E-state index in [1.807, 2.05) is 75.6 Å². The average Bonchev–Trinajstić information content (AvgIpc) is 2.74. The number of hydrogen-bond donors (Lipinski definition) is 2. The predicted molar refractivity (Wildman–Crippen MR) is 131 cm³/mol. The highest BCUT2D eigenvalue weighted by Crippen LogP contribution is 2.23. The Kier molecular flexibility index (Phi) is 7.83. The number of nitrogens with one attached hydrogen (secondary N) is 2. The molecule has 2 aromatic carbocycles. The standard InChI is InChI=1S/C24H27N5O2S/c1-24(2,3)31-23(30)28-20-12-8-11-19(13-20)27-21-18(16-26-22(29-21)32-4)15-25-14-17-9-6-5-7-10-17/h5-13,15-16H,14H2,1-4H3,(H,28,30)(H,26,27,29). The average molecular weight is 450 g/mol. The summed E-state index contributed by atoms with van der Waals surface area (Å²) in [5, 5.41) is 6.71. The van der Waals surface area contributed by atoms with Gasteiger partial charge in [-0.25, -0.2) is 14.8 Å². The molecule has 3 aromatic rings. The van der Waals surface area contributed by atoms with Crippen LogP contribution in [-0.4, -0.2) is 34.1 Å². The third kappa shape index (κ3) is 7.39. The second-order valence-electron chi connectivity index (χ2n) is 7.95. The van der Waals surface area contributed by atoms with Crippen LogP contribution in [-0.2, 0) is 11.3 Å². The van der Waals surface area contributed by atoms with Crippen molar-refractivity contribution in [2.75, 3.05) is 16.9 Å². The lowest BCUT2D eigenvalue weighted by atomic mass is 10.2. The number of aromatic nitrogens is 2. The molecule has 0 aliphatic rings. The van der Waals surface area contributed by atoms with Crippen LogP contribution in [0.25, 0.3) is 0 Å². The van der Waals surface area contributed by atoms with Crippen LogP contribution in [0.3, 0.4) is 0 Å². The number of carbonyl (C=O) groups excluding carboxylic acids is 1. The summed E-state index contributed by atoms with van der Waals surface area (Å²) < 4.78 is 5.32. The fraction of sp³-hybridized carbons (Fsp3) is 0.250. The number of anilines is 3. The first-order valence-electron chi connectivity index (χ1n) is 10.1. The molecule has 0 radical (unpaired) electrons.